The van der Waals surface area contributed by atoms with Gasteiger partial charge in [-0.15, -0.1) is 5.54 Å². The zero-order valence-corrected chi connectivity index (χ0v) is 15.1. The molecule has 1 unspecified atom stereocenters. The number of rotatable bonds is 5. The average Bonchev–Trinajstić information content (AvgIpc) is 2.77. The molecule has 0 radical (unpaired) electrons. The maximum Gasteiger partial charge on any atom is 0.140 e. The summed E-state index contributed by atoms with van der Waals surface area (Å²) in [5.41, 5.74) is 15.4. The van der Waals surface area contributed by atoms with Gasteiger partial charge in [0.2, 0.25) is 0 Å². The van der Waals surface area contributed by atoms with Gasteiger partial charge in [0, 0.05) is 30.2 Å². The first-order valence-corrected chi connectivity index (χ1v) is 9.52. The Morgan fingerprint density at radius 1 is 1.38 bits per heavy atom. The molecule has 3 aliphatic carbocycles. The number of allylic oxidation sites excluding steroid dienone is 1. The summed E-state index contributed by atoms with van der Waals surface area (Å²) in [4.78, 5) is 24.5. The summed E-state index contributed by atoms with van der Waals surface area (Å²) < 4.78 is 0. The number of hydrogen-bond donors (Lipinski definition) is 1. The molecule has 0 aromatic heterocycles. The lowest BCUT2D eigenvalue weighted by atomic mass is 9.50. The standard InChI is InChI=1S/C20H31N2O2/c1-3-4-5-15(23)12-14-6-7-16-19(21,13-14)11-10-18(2)17(24)8-9-20(16,18)22/h6,16,21H,3-5,7-13,22H2,1-2H3/q-1/t16-,18+,19?,20+/m0/s1. The molecular weight excluding hydrogens is 300 g/mol. The van der Waals surface area contributed by atoms with E-state index in [1.807, 2.05) is 6.92 Å². The number of ketones is 2. The van der Waals surface area contributed by atoms with Gasteiger partial charge in [-0.1, -0.05) is 38.3 Å². The number of carbonyl (C=O) groups excluding carboxylic acids is 2. The van der Waals surface area contributed by atoms with E-state index in [0.29, 0.717) is 37.9 Å². The summed E-state index contributed by atoms with van der Waals surface area (Å²) >= 11 is 0. The molecule has 3 rings (SSSR count). The van der Waals surface area contributed by atoms with Gasteiger partial charge in [0.1, 0.15) is 11.6 Å². The summed E-state index contributed by atoms with van der Waals surface area (Å²) in [6, 6.07) is 0. The molecule has 0 amide bonds. The predicted octanol–water partition coefficient (Wildman–Crippen LogP) is 4.12. The first kappa shape index (κ1) is 17.8. The minimum Gasteiger partial charge on any atom is -0.671 e. The molecule has 0 spiro atoms. The van der Waals surface area contributed by atoms with Crippen LogP contribution >= 0.6 is 0 Å². The van der Waals surface area contributed by atoms with Crippen LogP contribution < -0.4 is 5.73 Å². The van der Waals surface area contributed by atoms with Crippen LogP contribution in [-0.4, -0.2) is 22.6 Å². The molecule has 0 aromatic carbocycles. The Balaban J connectivity index is 1.78. The third-order valence-electron chi connectivity index (χ3n) is 7.19. The number of unbranched alkanes of at least 4 members (excludes halogenated alkanes) is 1. The minimum absolute atomic E-state index is 0.0321. The molecule has 0 saturated heterocycles. The van der Waals surface area contributed by atoms with Crippen LogP contribution in [0.4, 0.5) is 0 Å². The van der Waals surface area contributed by atoms with Gasteiger partial charge in [-0.25, -0.2) is 0 Å². The van der Waals surface area contributed by atoms with Crippen molar-refractivity contribution in [2.45, 2.75) is 89.1 Å². The van der Waals surface area contributed by atoms with Gasteiger partial charge in [-0.3, -0.25) is 9.59 Å². The van der Waals surface area contributed by atoms with E-state index in [9.17, 15) is 9.59 Å². The molecule has 3 N–H and O–H groups in total. The Morgan fingerprint density at radius 2 is 2.12 bits per heavy atom. The zero-order chi connectivity index (χ0) is 17.6. The van der Waals surface area contributed by atoms with E-state index < -0.39 is 16.5 Å². The first-order chi connectivity index (χ1) is 11.2. The van der Waals surface area contributed by atoms with Crippen molar-refractivity contribution < 1.29 is 9.59 Å². The van der Waals surface area contributed by atoms with Crippen LogP contribution in [0.15, 0.2) is 11.6 Å². The smallest absolute Gasteiger partial charge is 0.140 e. The highest BCUT2D eigenvalue weighted by molar-refractivity contribution is 5.89. The molecule has 0 heterocycles. The molecule has 4 nitrogen and oxygen atoms in total. The van der Waals surface area contributed by atoms with Gasteiger partial charge in [0.05, 0.1) is 0 Å². The Morgan fingerprint density at radius 3 is 2.83 bits per heavy atom. The molecule has 0 aromatic rings. The first-order valence-electron chi connectivity index (χ1n) is 9.52. The van der Waals surface area contributed by atoms with Crippen molar-refractivity contribution in [2.24, 2.45) is 17.1 Å². The number of Topliss-reactive ketones (excluding diaryl/α,β-unsaturated/α-hetero) is 2. The molecule has 2 saturated carbocycles. The molecule has 4 atom stereocenters. The fourth-order valence-corrected chi connectivity index (χ4v) is 5.46. The van der Waals surface area contributed by atoms with Crippen LogP contribution in [0, 0.1) is 11.3 Å². The monoisotopic (exact) mass is 331 g/mol. The van der Waals surface area contributed by atoms with Crippen molar-refractivity contribution in [2.75, 3.05) is 0 Å². The summed E-state index contributed by atoms with van der Waals surface area (Å²) in [7, 11) is 0. The number of carbonyl (C=O) groups is 2. The van der Waals surface area contributed by atoms with E-state index in [2.05, 4.69) is 13.0 Å². The molecule has 134 valence electrons. The normalized spacial score (nSPS) is 41.6. The van der Waals surface area contributed by atoms with E-state index >= 15 is 0 Å². The van der Waals surface area contributed by atoms with Crippen LogP contribution in [0.1, 0.15) is 78.1 Å². The molecule has 0 aliphatic heterocycles. The predicted molar refractivity (Wildman–Crippen MR) is 95.5 cm³/mol. The van der Waals surface area contributed by atoms with Crippen molar-refractivity contribution in [3.63, 3.8) is 0 Å². The SMILES string of the molecule is CCCCC(=O)CC1=CC[C@H]2C([NH-])(CC[C@]3(C)C(=O)CC[C@@]23N)C1. The molecule has 4 heteroatoms. The Hall–Kier alpha value is -1.00. The van der Waals surface area contributed by atoms with Crippen molar-refractivity contribution in [1.29, 1.82) is 0 Å². The summed E-state index contributed by atoms with van der Waals surface area (Å²) in [6.45, 7) is 4.12. The van der Waals surface area contributed by atoms with Crippen molar-refractivity contribution in [1.82, 2.24) is 0 Å². The second-order valence-electron chi connectivity index (χ2n) is 8.60. The van der Waals surface area contributed by atoms with E-state index in [4.69, 9.17) is 11.5 Å². The van der Waals surface area contributed by atoms with E-state index in [-0.39, 0.29) is 11.7 Å². The second kappa shape index (κ2) is 6.06. The summed E-state index contributed by atoms with van der Waals surface area (Å²) in [6.07, 6.45) is 9.42. The van der Waals surface area contributed by atoms with E-state index in [1.54, 1.807) is 0 Å². The largest absolute Gasteiger partial charge is 0.671 e. The lowest BCUT2D eigenvalue weighted by molar-refractivity contribution is -0.131. The van der Waals surface area contributed by atoms with Crippen LogP contribution in [-0.2, 0) is 9.59 Å². The van der Waals surface area contributed by atoms with Crippen molar-refractivity contribution in [3.8, 4) is 0 Å². The minimum atomic E-state index is -0.603. The fourth-order valence-electron chi connectivity index (χ4n) is 5.46. The highest BCUT2D eigenvalue weighted by Crippen LogP contribution is 2.61. The quantitative estimate of drug-likeness (QED) is 0.769. The van der Waals surface area contributed by atoms with Gasteiger partial charge in [0.25, 0.3) is 0 Å². The Bertz CT molecular complexity index is 584. The fraction of sp³-hybridized carbons (Fsp3) is 0.800. The van der Waals surface area contributed by atoms with Gasteiger partial charge >= 0.3 is 0 Å². The molecule has 3 aliphatic rings. The lowest BCUT2D eigenvalue weighted by Crippen LogP contribution is -2.67. The van der Waals surface area contributed by atoms with E-state index in [1.165, 1.54) is 0 Å². The van der Waals surface area contributed by atoms with Crippen LogP contribution in [0.2, 0.25) is 0 Å². The van der Waals surface area contributed by atoms with Gasteiger partial charge < -0.3 is 11.5 Å². The highest BCUT2D eigenvalue weighted by Gasteiger charge is 2.63. The number of nitrogens with two attached hydrogens (primary N) is 1. The van der Waals surface area contributed by atoms with Gasteiger partial charge in [-0.2, -0.15) is 0 Å². The van der Waals surface area contributed by atoms with E-state index in [0.717, 1.165) is 37.7 Å². The van der Waals surface area contributed by atoms with Crippen molar-refractivity contribution in [3.05, 3.63) is 17.4 Å². The Kier molecular flexibility index (Phi) is 4.50. The van der Waals surface area contributed by atoms with Crippen LogP contribution in [0.3, 0.4) is 0 Å². The maximum absolute atomic E-state index is 12.4. The van der Waals surface area contributed by atoms with Gasteiger partial charge in [-0.05, 0) is 38.0 Å². The van der Waals surface area contributed by atoms with Gasteiger partial charge in [0.15, 0.2) is 0 Å². The molecule has 0 bridgehead atoms. The topological polar surface area (TPSA) is 84.0 Å². The van der Waals surface area contributed by atoms with Crippen LogP contribution in [0.25, 0.3) is 5.73 Å². The number of nitrogens with one attached hydrogen (secondary N) is 1. The summed E-state index contributed by atoms with van der Waals surface area (Å²) in [5.74, 6) is 0.616. The summed E-state index contributed by atoms with van der Waals surface area (Å²) in [5, 5.41) is 0. The number of hydrogen-bond acceptors (Lipinski definition) is 3. The lowest BCUT2D eigenvalue weighted by Gasteiger charge is -2.63. The highest BCUT2D eigenvalue weighted by atomic mass is 16.1. The number of fused-ring (bicyclic) bond motifs is 3. The third-order valence-corrected chi connectivity index (χ3v) is 7.19. The van der Waals surface area contributed by atoms with Crippen LogP contribution in [0.5, 0.6) is 0 Å². The van der Waals surface area contributed by atoms with Crippen molar-refractivity contribution >= 4 is 11.6 Å². The molecular formula is C20H31N2O2-. The second-order valence-corrected chi connectivity index (χ2v) is 8.60. The molecule has 24 heavy (non-hydrogen) atoms. The Labute approximate surface area is 145 Å². The zero-order valence-electron chi connectivity index (χ0n) is 15.1. The maximum atomic E-state index is 12.4. The third kappa shape index (κ3) is 2.59. The average molecular weight is 331 g/mol. The molecule has 2 fully saturated rings.